The molecule has 0 radical (unpaired) electrons. The summed E-state index contributed by atoms with van der Waals surface area (Å²) in [5, 5.41) is 4.95. The molecule has 0 aromatic carbocycles. The molecule has 0 atom stereocenters. The summed E-state index contributed by atoms with van der Waals surface area (Å²) in [7, 11) is 0. The van der Waals surface area contributed by atoms with E-state index in [1.54, 1.807) is 9.08 Å². The van der Waals surface area contributed by atoms with Gasteiger partial charge in [-0.3, -0.25) is 9.69 Å². The lowest BCUT2D eigenvalue weighted by molar-refractivity contribution is 0.0363. The molecule has 4 heterocycles. The van der Waals surface area contributed by atoms with Crippen molar-refractivity contribution in [2.75, 3.05) is 32.8 Å². The van der Waals surface area contributed by atoms with Gasteiger partial charge < -0.3 is 9.30 Å². The average molecular weight is 328 g/mol. The molecule has 8 nitrogen and oxygen atoms in total. The highest BCUT2D eigenvalue weighted by Crippen LogP contribution is 2.14. The van der Waals surface area contributed by atoms with Crippen molar-refractivity contribution in [2.24, 2.45) is 0 Å². The Bertz CT molecular complexity index is 954. The first kappa shape index (κ1) is 15.2. The summed E-state index contributed by atoms with van der Waals surface area (Å²) in [5.74, 6) is 1.17. The molecule has 0 N–H and O–H groups in total. The van der Waals surface area contributed by atoms with E-state index in [1.807, 2.05) is 26.1 Å². The van der Waals surface area contributed by atoms with Crippen molar-refractivity contribution in [3.63, 3.8) is 0 Å². The second-order valence-corrected chi connectivity index (χ2v) is 6.10. The third kappa shape index (κ3) is 2.57. The number of hydrogen-bond donors (Lipinski definition) is 0. The van der Waals surface area contributed by atoms with Crippen LogP contribution in [0.3, 0.4) is 0 Å². The van der Waals surface area contributed by atoms with E-state index >= 15 is 0 Å². The Morgan fingerprint density at radius 2 is 1.96 bits per heavy atom. The molecule has 0 saturated carbocycles. The quantitative estimate of drug-likeness (QED) is 0.692. The second-order valence-electron chi connectivity index (χ2n) is 6.10. The lowest BCUT2D eigenvalue weighted by Gasteiger charge is -2.26. The van der Waals surface area contributed by atoms with E-state index < -0.39 is 0 Å². The monoisotopic (exact) mass is 328 g/mol. The summed E-state index contributed by atoms with van der Waals surface area (Å²) in [6.45, 7) is 8.52. The number of nitrogens with zero attached hydrogens (tertiary/aromatic N) is 6. The van der Waals surface area contributed by atoms with Gasteiger partial charge in [0.25, 0.3) is 11.3 Å². The highest BCUT2D eigenvalue weighted by atomic mass is 16.5. The van der Waals surface area contributed by atoms with Crippen LogP contribution in [0, 0.1) is 13.8 Å². The third-order valence-electron chi connectivity index (χ3n) is 4.46. The van der Waals surface area contributed by atoms with Gasteiger partial charge in [0.15, 0.2) is 0 Å². The topological polar surface area (TPSA) is 77.5 Å². The highest BCUT2D eigenvalue weighted by Gasteiger charge is 2.14. The van der Waals surface area contributed by atoms with E-state index in [1.165, 1.54) is 0 Å². The molecule has 0 aliphatic carbocycles. The fourth-order valence-corrected chi connectivity index (χ4v) is 3.18. The number of aryl methyl sites for hydroxylation is 2. The minimum Gasteiger partial charge on any atom is -0.379 e. The van der Waals surface area contributed by atoms with Gasteiger partial charge in [-0.25, -0.2) is 4.98 Å². The van der Waals surface area contributed by atoms with Crippen LogP contribution in [0.4, 0.5) is 0 Å². The van der Waals surface area contributed by atoms with Crippen molar-refractivity contribution in [3.05, 3.63) is 34.1 Å². The second kappa shape index (κ2) is 5.95. The molecule has 1 fully saturated rings. The maximum absolute atomic E-state index is 12.9. The van der Waals surface area contributed by atoms with Crippen LogP contribution >= 0.6 is 0 Å². The number of rotatable bonds is 3. The van der Waals surface area contributed by atoms with Crippen molar-refractivity contribution in [1.29, 1.82) is 0 Å². The molecular weight excluding hydrogens is 308 g/mol. The Morgan fingerprint density at radius 1 is 1.17 bits per heavy atom. The van der Waals surface area contributed by atoms with E-state index in [4.69, 9.17) is 4.74 Å². The Morgan fingerprint density at radius 3 is 2.75 bits per heavy atom. The third-order valence-corrected chi connectivity index (χ3v) is 4.46. The van der Waals surface area contributed by atoms with Gasteiger partial charge in [-0.05, 0) is 19.9 Å². The van der Waals surface area contributed by atoms with Gasteiger partial charge >= 0.3 is 0 Å². The van der Waals surface area contributed by atoms with Crippen LogP contribution in [-0.2, 0) is 11.3 Å². The number of ether oxygens (including phenoxy) is 1. The predicted octanol–water partition coefficient (Wildman–Crippen LogP) is 0.388. The Hall–Kier alpha value is -2.32. The lowest BCUT2D eigenvalue weighted by atomic mass is 10.2. The van der Waals surface area contributed by atoms with Crippen LogP contribution in [0.2, 0.25) is 0 Å². The normalized spacial score (nSPS) is 16.2. The zero-order valence-electron chi connectivity index (χ0n) is 13.9. The Labute approximate surface area is 138 Å². The van der Waals surface area contributed by atoms with Gasteiger partial charge in [0.1, 0.15) is 5.82 Å². The van der Waals surface area contributed by atoms with Crippen LogP contribution in [-0.4, -0.2) is 61.9 Å². The van der Waals surface area contributed by atoms with Crippen LogP contribution in [0.1, 0.15) is 11.5 Å². The first-order chi connectivity index (χ1) is 11.6. The first-order valence-corrected chi connectivity index (χ1v) is 8.17. The Kier molecular flexibility index (Phi) is 3.78. The summed E-state index contributed by atoms with van der Waals surface area (Å²) >= 11 is 0. The molecule has 0 amide bonds. The summed E-state index contributed by atoms with van der Waals surface area (Å²) in [6, 6.07) is 1.92. The molecule has 3 aromatic heterocycles. The minimum atomic E-state index is -0.0270. The van der Waals surface area contributed by atoms with Crippen molar-refractivity contribution >= 4 is 16.7 Å². The number of hydrogen-bond acceptors (Lipinski definition) is 6. The molecule has 4 rings (SSSR count). The molecule has 3 aromatic rings. The van der Waals surface area contributed by atoms with E-state index in [0.29, 0.717) is 29.2 Å². The maximum Gasteiger partial charge on any atom is 0.261 e. The van der Waals surface area contributed by atoms with Crippen molar-refractivity contribution in [2.45, 2.75) is 20.4 Å². The Balaban J connectivity index is 1.73. The van der Waals surface area contributed by atoms with Gasteiger partial charge in [0.05, 0.1) is 29.8 Å². The van der Waals surface area contributed by atoms with E-state index in [2.05, 4.69) is 20.0 Å². The van der Waals surface area contributed by atoms with Gasteiger partial charge in [-0.2, -0.15) is 9.50 Å². The standard InChI is InChI=1S/C16H20N6O2/c1-11-14-13(22-16(17-11)18-12(2)19-22)3-4-21(15(14)23)6-5-20-7-9-24-10-8-20/h3-4H,5-10H2,1-2H3. The molecule has 8 heteroatoms. The van der Waals surface area contributed by atoms with Crippen LogP contribution in [0.15, 0.2) is 17.1 Å². The smallest absolute Gasteiger partial charge is 0.261 e. The molecule has 0 bridgehead atoms. The highest BCUT2D eigenvalue weighted by molar-refractivity contribution is 5.81. The van der Waals surface area contributed by atoms with Crippen molar-refractivity contribution in [1.82, 2.24) is 29.0 Å². The van der Waals surface area contributed by atoms with Gasteiger partial charge in [0.2, 0.25) is 0 Å². The van der Waals surface area contributed by atoms with E-state index in [-0.39, 0.29) is 5.56 Å². The molecule has 0 unspecified atom stereocenters. The van der Waals surface area contributed by atoms with Crippen LogP contribution in [0.25, 0.3) is 16.7 Å². The summed E-state index contributed by atoms with van der Waals surface area (Å²) in [5.41, 5.74) is 1.42. The van der Waals surface area contributed by atoms with E-state index in [0.717, 1.165) is 38.4 Å². The predicted molar refractivity (Wildman–Crippen MR) is 89.3 cm³/mol. The first-order valence-electron chi connectivity index (χ1n) is 8.17. The average Bonchev–Trinajstić information content (AvgIpc) is 2.95. The minimum absolute atomic E-state index is 0.0270. The number of aromatic nitrogens is 5. The molecule has 24 heavy (non-hydrogen) atoms. The molecule has 126 valence electrons. The largest absolute Gasteiger partial charge is 0.379 e. The van der Waals surface area contributed by atoms with Gasteiger partial charge in [-0.1, -0.05) is 0 Å². The molecule has 1 aliphatic rings. The zero-order chi connectivity index (χ0) is 16.7. The lowest BCUT2D eigenvalue weighted by Crippen LogP contribution is -2.39. The summed E-state index contributed by atoms with van der Waals surface area (Å²) in [6.07, 6.45) is 1.83. The van der Waals surface area contributed by atoms with Crippen LogP contribution in [0.5, 0.6) is 0 Å². The fraction of sp³-hybridized carbons (Fsp3) is 0.500. The fourth-order valence-electron chi connectivity index (χ4n) is 3.18. The zero-order valence-corrected chi connectivity index (χ0v) is 13.9. The van der Waals surface area contributed by atoms with Crippen molar-refractivity contribution < 1.29 is 4.74 Å². The summed E-state index contributed by atoms with van der Waals surface area (Å²) < 4.78 is 8.75. The molecule has 0 spiro atoms. The van der Waals surface area contributed by atoms with E-state index in [9.17, 15) is 4.79 Å². The van der Waals surface area contributed by atoms with Gasteiger partial charge in [0, 0.05) is 32.4 Å². The van der Waals surface area contributed by atoms with Gasteiger partial charge in [-0.15, -0.1) is 5.10 Å². The molecular formula is C16H20N6O2. The maximum atomic E-state index is 12.9. The number of morpholine rings is 1. The van der Waals surface area contributed by atoms with Crippen LogP contribution < -0.4 is 5.56 Å². The SMILES string of the molecule is Cc1nc2nc(C)c3c(=O)n(CCN4CCOCC4)ccc3n2n1. The molecule has 1 aliphatic heterocycles. The number of pyridine rings is 1. The molecule has 1 saturated heterocycles. The van der Waals surface area contributed by atoms with Crippen molar-refractivity contribution in [3.8, 4) is 0 Å². The number of fused-ring (bicyclic) bond motifs is 3. The summed E-state index contributed by atoms with van der Waals surface area (Å²) in [4.78, 5) is 23.9.